The minimum atomic E-state index is -1.04. The Hall–Kier alpha value is -4.53. The number of carboxylic acid groups (broad SMARTS) is 1. The van der Waals surface area contributed by atoms with Crippen molar-refractivity contribution < 1.29 is 38.0 Å². The fourth-order valence-corrected chi connectivity index (χ4v) is 5.71. The molecule has 0 radical (unpaired) electrons. The molecule has 0 bridgehead atoms. The third-order valence-corrected chi connectivity index (χ3v) is 8.21. The van der Waals surface area contributed by atoms with Gasteiger partial charge in [-0.15, -0.1) is 0 Å². The van der Waals surface area contributed by atoms with Crippen LogP contribution in [0, 0.1) is 5.82 Å². The molecular formula is C33H36ClFN6O7. The number of hydrogen-bond acceptors (Lipinski definition) is 10. The van der Waals surface area contributed by atoms with Crippen LogP contribution in [0.5, 0.6) is 11.6 Å². The fourth-order valence-electron chi connectivity index (χ4n) is 5.49. The highest BCUT2D eigenvalue weighted by atomic mass is 35.5. The van der Waals surface area contributed by atoms with Gasteiger partial charge in [-0.2, -0.15) is 4.98 Å². The van der Waals surface area contributed by atoms with Gasteiger partial charge in [0.15, 0.2) is 12.1 Å². The summed E-state index contributed by atoms with van der Waals surface area (Å²) >= 11 is 6.05. The van der Waals surface area contributed by atoms with E-state index in [2.05, 4.69) is 14.9 Å². The number of aromatic carboxylic acids is 1. The number of nitrogens with zero attached hydrogens (tertiary/aromatic N) is 6. The number of imidazole rings is 1. The Bertz CT molecular complexity index is 1810. The second kappa shape index (κ2) is 13.9. The molecule has 15 heteroatoms. The zero-order valence-electron chi connectivity index (χ0n) is 26.8. The number of likely N-dealkylation sites (tertiary alicyclic amines) is 1. The Morgan fingerprint density at radius 3 is 2.58 bits per heavy atom. The third-order valence-electron chi connectivity index (χ3n) is 7.91. The Morgan fingerprint density at radius 2 is 1.90 bits per heavy atom. The maximum Gasteiger partial charge on any atom is 0.414 e. The summed E-state index contributed by atoms with van der Waals surface area (Å²) in [5.74, 6) is 0.399. The highest BCUT2D eigenvalue weighted by Gasteiger charge is 2.37. The first-order valence-corrected chi connectivity index (χ1v) is 15.9. The molecule has 2 aromatic carbocycles. The monoisotopic (exact) mass is 682 g/mol. The summed E-state index contributed by atoms with van der Waals surface area (Å²) in [6.07, 6.45) is 1.95. The van der Waals surface area contributed by atoms with Gasteiger partial charge in [-0.3, -0.25) is 9.80 Å². The summed E-state index contributed by atoms with van der Waals surface area (Å²) in [7, 11) is 0. The zero-order valence-corrected chi connectivity index (χ0v) is 27.5. The second-order valence-electron chi connectivity index (χ2n) is 12.6. The molecule has 4 heterocycles. The molecule has 2 aromatic heterocycles. The number of rotatable bonds is 10. The molecule has 1 amide bonds. The first-order chi connectivity index (χ1) is 22.9. The topological polar surface area (TPSA) is 141 Å². The molecule has 13 nitrogen and oxygen atoms in total. The number of carboxylic acids is 1. The number of amides is 1. The minimum Gasteiger partial charge on any atom is -0.484 e. The van der Waals surface area contributed by atoms with E-state index in [-0.39, 0.29) is 36.6 Å². The van der Waals surface area contributed by atoms with Gasteiger partial charge in [0, 0.05) is 25.4 Å². The van der Waals surface area contributed by atoms with E-state index in [1.807, 2.05) is 4.57 Å². The van der Waals surface area contributed by atoms with Gasteiger partial charge in [0.25, 0.3) is 0 Å². The molecule has 4 aromatic rings. The summed E-state index contributed by atoms with van der Waals surface area (Å²) in [5, 5.41) is 9.79. The summed E-state index contributed by atoms with van der Waals surface area (Å²) in [4.78, 5) is 41.8. The van der Waals surface area contributed by atoms with E-state index in [0.29, 0.717) is 35.0 Å². The largest absolute Gasteiger partial charge is 0.484 e. The van der Waals surface area contributed by atoms with E-state index in [1.54, 1.807) is 45.2 Å². The van der Waals surface area contributed by atoms with Gasteiger partial charge in [-0.25, -0.2) is 23.9 Å². The van der Waals surface area contributed by atoms with Crippen LogP contribution in [0.2, 0.25) is 5.02 Å². The van der Waals surface area contributed by atoms with Gasteiger partial charge in [0.2, 0.25) is 5.88 Å². The molecule has 1 atom stereocenters. The van der Waals surface area contributed by atoms with Crippen molar-refractivity contribution in [1.29, 1.82) is 0 Å². The molecule has 2 saturated heterocycles. The Labute approximate surface area is 281 Å². The summed E-state index contributed by atoms with van der Waals surface area (Å²) in [5.41, 5.74) is 0.792. The Kier molecular flexibility index (Phi) is 9.67. The molecule has 2 aliphatic heterocycles. The van der Waals surface area contributed by atoms with Crippen molar-refractivity contribution in [3.05, 3.63) is 76.7 Å². The molecule has 254 valence electrons. The quantitative estimate of drug-likeness (QED) is 0.227. The van der Waals surface area contributed by atoms with Gasteiger partial charge >= 0.3 is 12.1 Å². The van der Waals surface area contributed by atoms with Crippen molar-refractivity contribution in [1.82, 2.24) is 29.3 Å². The van der Waals surface area contributed by atoms with E-state index in [4.69, 9.17) is 35.5 Å². The smallest absolute Gasteiger partial charge is 0.414 e. The number of piperidine rings is 1. The molecule has 48 heavy (non-hydrogen) atoms. The van der Waals surface area contributed by atoms with Gasteiger partial charge in [-0.05, 0) is 70.0 Å². The van der Waals surface area contributed by atoms with Crippen molar-refractivity contribution in [3.63, 3.8) is 0 Å². The molecule has 0 spiro atoms. The number of carbonyl (C=O) groups excluding carboxylic acids is 1. The van der Waals surface area contributed by atoms with Crippen molar-refractivity contribution in [2.45, 2.75) is 71.2 Å². The normalized spacial score (nSPS) is 17.3. The second-order valence-corrected chi connectivity index (χ2v) is 13.0. The lowest BCUT2D eigenvalue weighted by Crippen LogP contribution is -2.56. The third kappa shape index (κ3) is 7.94. The number of ether oxygens (including phenoxy) is 4. The van der Waals surface area contributed by atoms with Crippen molar-refractivity contribution in [2.24, 2.45) is 0 Å². The van der Waals surface area contributed by atoms with E-state index >= 15 is 0 Å². The van der Waals surface area contributed by atoms with Crippen LogP contribution in [-0.2, 0) is 29.2 Å². The highest BCUT2D eigenvalue weighted by Crippen LogP contribution is 2.28. The van der Waals surface area contributed by atoms with E-state index < -0.39 is 29.7 Å². The van der Waals surface area contributed by atoms with Crippen molar-refractivity contribution in [3.8, 4) is 11.6 Å². The predicted molar refractivity (Wildman–Crippen MR) is 171 cm³/mol. The summed E-state index contributed by atoms with van der Waals surface area (Å²) < 4.78 is 38.4. The molecule has 0 aliphatic carbocycles. The zero-order chi connectivity index (χ0) is 34.0. The average Bonchev–Trinajstić information content (AvgIpc) is 3.34. The van der Waals surface area contributed by atoms with Gasteiger partial charge in [0.1, 0.15) is 42.4 Å². The Balaban J connectivity index is 1.09. The number of hydrogen-bond donors (Lipinski definition) is 1. The minimum absolute atomic E-state index is 0.0391. The first kappa shape index (κ1) is 33.4. The maximum absolute atomic E-state index is 13.3. The van der Waals surface area contributed by atoms with Crippen LogP contribution >= 0.6 is 11.6 Å². The van der Waals surface area contributed by atoms with Gasteiger partial charge in [-0.1, -0.05) is 11.6 Å². The van der Waals surface area contributed by atoms with Gasteiger partial charge < -0.3 is 28.6 Å². The fraction of sp³-hybridized carbons (Fsp3) is 0.424. The molecule has 0 saturated carbocycles. The SMILES string of the molecule is CC(C)(C)OC(=O)N1CO[C@@H]1Cn1c(CN2CCC(Oc3ccnc(COc4ccc(F)cc4Cl)n3)CC2)nc2ccc(C(=O)O)cc21. The van der Waals surface area contributed by atoms with E-state index in [1.165, 1.54) is 29.2 Å². The van der Waals surface area contributed by atoms with Crippen LogP contribution in [0.15, 0.2) is 48.7 Å². The molecule has 1 N–H and O–H groups in total. The van der Waals surface area contributed by atoms with E-state index in [0.717, 1.165) is 31.8 Å². The molecular weight excluding hydrogens is 647 g/mol. The van der Waals surface area contributed by atoms with Crippen LogP contribution < -0.4 is 9.47 Å². The van der Waals surface area contributed by atoms with Crippen molar-refractivity contribution >= 4 is 34.7 Å². The molecule has 2 fully saturated rings. The lowest BCUT2D eigenvalue weighted by atomic mass is 10.1. The van der Waals surface area contributed by atoms with E-state index in [9.17, 15) is 19.1 Å². The number of aromatic nitrogens is 4. The maximum atomic E-state index is 13.3. The molecule has 0 unspecified atom stereocenters. The first-order valence-electron chi connectivity index (χ1n) is 15.5. The van der Waals surface area contributed by atoms with Crippen molar-refractivity contribution in [2.75, 3.05) is 19.8 Å². The van der Waals surface area contributed by atoms with Crippen LogP contribution in [0.1, 0.15) is 55.6 Å². The number of halogens is 2. The highest BCUT2D eigenvalue weighted by molar-refractivity contribution is 6.32. The number of benzene rings is 2. The number of carbonyl (C=O) groups is 2. The van der Waals surface area contributed by atoms with Crippen LogP contribution in [0.25, 0.3) is 11.0 Å². The number of fused-ring (bicyclic) bond motifs is 1. The van der Waals surface area contributed by atoms with Crippen LogP contribution in [0.3, 0.4) is 0 Å². The van der Waals surface area contributed by atoms with Gasteiger partial charge in [0.05, 0.1) is 34.7 Å². The van der Waals surface area contributed by atoms with Crippen LogP contribution in [-0.4, -0.2) is 84.2 Å². The lowest BCUT2D eigenvalue weighted by molar-refractivity contribution is -0.209. The Morgan fingerprint density at radius 1 is 1.10 bits per heavy atom. The lowest BCUT2D eigenvalue weighted by Gasteiger charge is -2.41. The standard InChI is InChI=1S/C33H36ClFN6O7/c1-33(2,3)48-32(44)41-19-46-30(41)17-40-25-14-20(31(42)43)4-6-24(25)37-28(40)16-39-12-9-22(10-13-39)47-29-8-11-36-27(38-29)18-45-26-7-5-21(35)15-23(26)34/h4-8,11,14-15,22,30H,9-10,12-13,16-19H2,1-3H3,(H,42,43)/t30-/m1/s1. The molecule has 6 rings (SSSR count). The predicted octanol–water partition coefficient (Wildman–Crippen LogP) is 5.49. The summed E-state index contributed by atoms with van der Waals surface area (Å²) in [6.45, 7) is 7.78. The average molecular weight is 683 g/mol. The van der Waals surface area contributed by atoms with Crippen LogP contribution in [0.4, 0.5) is 9.18 Å². The molecule has 2 aliphatic rings. The summed E-state index contributed by atoms with van der Waals surface area (Å²) in [6, 6.07) is 10.4.